The number of ether oxygens (including phenoxy) is 1. The molecule has 0 aliphatic heterocycles. The molecule has 1 aromatic rings. The van der Waals surface area contributed by atoms with Crippen LogP contribution in [0.3, 0.4) is 0 Å². The molecule has 0 atom stereocenters. The van der Waals surface area contributed by atoms with Gasteiger partial charge in [0.2, 0.25) is 0 Å². The van der Waals surface area contributed by atoms with E-state index in [9.17, 15) is 9.18 Å². The first-order valence-electron chi connectivity index (χ1n) is 7.35. The lowest BCUT2D eigenvalue weighted by atomic mass is 10.2. The molecular weight excluding hydrogens is 307 g/mol. The maximum atomic E-state index is 13.1. The van der Waals surface area contributed by atoms with Gasteiger partial charge in [-0.3, -0.25) is 0 Å². The van der Waals surface area contributed by atoms with Crippen LogP contribution in [0.5, 0.6) is 0 Å². The standard InChI is InChI=1S/C16H24ClFN2O2/c1-5-20(15(21)22-16(2,3)4)9-8-19-11-12-6-7-14(18)13(17)10-12/h6-7,10,19H,5,8-9,11H2,1-4H3. The van der Waals surface area contributed by atoms with Gasteiger partial charge in [0.05, 0.1) is 5.02 Å². The van der Waals surface area contributed by atoms with Crippen LogP contribution in [0.2, 0.25) is 5.02 Å². The maximum absolute atomic E-state index is 13.1. The average Bonchev–Trinajstić information content (AvgIpc) is 2.40. The van der Waals surface area contributed by atoms with Crippen molar-refractivity contribution in [3.05, 3.63) is 34.6 Å². The number of carbonyl (C=O) groups is 1. The highest BCUT2D eigenvalue weighted by Gasteiger charge is 2.20. The summed E-state index contributed by atoms with van der Waals surface area (Å²) in [6.07, 6.45) is -0.318. The number of rotatable bonds is 6. The van der Waals surface area contributed by atoms with Gasteiger partial charge in [-0.1, -0.05) is 17.7 Å². The Labute approximate surface area is 136 Å². The Kier molecular flexibility index (Phi) is 7.10. The summed E-state index contributed by atoms with van der Waals surface area (Å²) in [6.45, 7) is 9.73. The molecule has 1 amide bonds. The van der Waals surface area contributed by atoms with Crippen molar-refractivity contribution in [1.29, 1.82) is 0 Å². The quantitative estimate of drug-likeness (QED) is 0.806. The molecule has 0 saturated heterocycles. The van der Waals surface area contributed by atoms with Gasteiger partial charge in [-0.05, 0) is 45.4 Å². The smallest absolute Gasteiger partial charge is 0.410 e. The molecule has 22 heavy (non-hydrogen) atoms. The van der Waals surface area contributed by atoms with Crippen molar-refractivity contribution in [1.82, 2.24) is 10.2 Å². The predicted molar refractivity (Wildman–Crippen MR) is 86.6 cm³/mol. The Balaban J connectivity index is 2.38. The van der Waals surface area contributed by atoms with Gasteiger partial charge in [0.1, 0.15) is 11.4 Å². The fourth-order valence-corrected chi connectivity index (χ4v) is 2.00. The predicted octanol–water partition coefficient (Wildman–Crippen LogP) is 3.83. The molecule has 4 nitrogen and oxygen atoms in total. The van der Waals surface area contributed by atoms with Crippen molar-refractivity contribution in [2.75, 3.05) is 19.6 Å². The van der Waals surface area contributed by atoms with Gasteiger partial charge in [-0.15, -0.1) is 0 Å². The fraction of sp³-hybridized carbons (Fsp3) is 0.562. The van der Waals surface area contributed by atoms with Crippen molar-refractivity contribution >= 4 is 17.7 Å². The average molecular weight is 331 g/mol. The Hall–Kier alpha value is -1.33. The lowest BCUT2D eigenvalue weighted by molar-refractivity contribution is 0.0262. The zero-order valence-electron chi connectivity index (χ0n) is 13.6. The molecule has 0 aliphatic carbocycles. The third kappa shape index (κ3) is 6.62. The topological polar surface area (TPSA) is 41.6 Å². The van der Waals surface area contributed by atoms with Crippen molar-refractivity contribution in [3.8, 4) is 0 Å². The first kappa shape index (κ1) is 18.7. The summed E-state index contributed by atoms with van der Waals surface area (Å²) < 4.78 is 18.4. The molecule has 0 heterocycles. The molecule has 0 fully saturated rings. The third-order valence-corrected chi connectivity index (χ3v) is 3.19. The van der Waals surface area contributed by atoms with Crippen LogP contribution in [0.25, 0.3) is 0 Å². The van der Waals surface area contributed by atoms with E-state index in [4.69, 9.17) is 16.3 Å². The molecule has 1 N–H and O–H groups in total. The zero-order valence-corrected chi connectivity index (χ0v) is 14.3. The summed E-state index contributed by atoms with van der Waals surface area (Å²) in [5.41, 5.74) is 0.398. The van der Waals surface area contributed by atoms with Gasteiger partial charge in [0.25, 0.3) is 0 Å². The van der Waals surface area contributed by atoms with Crippen molar-refractivity contribution in [2.24, 2.45) is 0 Å². The first-order valence-corrected chi connectivity index (χ1v) is 7.73. The number of amides is 1. The summed E-state index contributed by atoms with van der Waals surface area (Å²) in [4.78, 5) is 13.6. The second kappa shape index (κ2) is 8.34. The Morgan fingerprint density at radius 3 is 2.64 bits per heavy atom. The third-order valence-electron chi connectivity index (χ3n) is 2.91. The molecule has 0 aliphatic rings. The fourth-order valence-electron chi connectivity index (χ4n) is 1.80. The van der Waals surface area contributed by atoms with Crippen LogP contribution in [0.4, 0.5) is 9.18 Å². The molecule has 0 saturated carbocycles. The number of nitrogens with zero attached hydrogens (tertiary/aromatic N) is 1. The highest BCUT2D eigenvalue weighted by Crippen LogP contribution is 2.15. The highest BCUT2D eigenvalue weighted by atomic mass is 35.5. The summed E-state index contributed by atoms with van der Waals surface area (Å²) >= 11 is 5.73. The molecule has 0 radical (unpaired) electrons. The number of hydrogen-bond donors (Lipinski definition) is 1. The molecular formula is C16H24ClFN2O2. The molecule has 124 valence electrons. The van der Waals surface area contributed by atoms with Crippen LogP contribution in [-0.4, -0.2) is 36.2 Å². The van der Waals surface area contributed by atoms with Gasteiger partial charge >= 0.3 is 6.09 Å². The lowest BCUT2D eigenvalue weighted by Gasteiger charge is -2.26. The van der Waals surface area contributed by atoms with E-state index < -0.39 is 11.4 Å². The first-order chi connectivity index (χ1) is 10.2. The Morgan fingerprint density at radius 1 is 1.41 bits per heavy atom. The van der Waals surface area contributed by atoms with Crippen LogP contribution >= 0.6 is 11.6 Å². The van der Waals surface area contributed by atoms with Crippen LogP contribution in [0.1, 0.15) is 33.3 Å². The van der Waals surface area contributed by atoms with Gasteiger partial charge < -0.3 is 15.0 Å². The van der Waals surface area contributed by atoms with E-state index in [1.807, 2.05) is 27.7 Å². The largest absolute Gasteiger partial charge is 0.444 e. The monoisotopic (exact) mass is 330 g/mol. The minimum Gasteiger partial charge on any atom is -0.444 e. The Morgan fingerprint density at radius 2 is 2.09 bits per heavy atom. The maximum Gasteiger partial charge on any atom is 0.410 e. The number of carbonyl (C=O) groups excluding carboxylic acids is 1. The second-order valence-corrected chi connectivity index (χ2v) is 6.39. The molecule has 0 bridgehead atoms. The van der Waals surface area contributed by atoms with E-state index in [0.717, 1.165) is 5.56 Å². The van der Waals surface area contributed by atoms with E-state index in [-0.39, 0.29) is 11.1 Å². The van der Waals surface area contributed by atoms with Gasteiger partial charge in [0.15, 0.2) is 0 Å². The van der Waals surface area contributed by atoms with Crippen molar-refractivity contribution in [2.45, 2.75) is 39.8 Å². The molecule has 0 unspecified atom stereocenters. The van der Waals surface area contributed by atoms with E-state index in [0.29, 0.717) is 26.2 Å². The summed E-state index contributed by atoms with van der Waals surface area (Å²) in [5, 5.41) is 3.31. The van der Waals surface area contributed by atoms with Gasteiger partial charge in [-0.25, -0.2) is 9.18 Å². The lowest BCUT2D eigenvalue weighted by Crippen LogP contribution is -2.40. The summed E-state index contributed by atoms with van der Waals surface area (Å²) in [6, 6.07) is 4.62. The minimum absolute atomic E-state index is 0.114. The molecule has 0 aromatic heterocycles. The number of hydrogen-bond acceptors (Lipinski definition) is 3. The Bertz CT molecular complexity index is 503. The number of likely N-dealkylation sites (N-methyl/N-ethyl adjacent to an activating group) is 1. The number of nitrogens with one attached hydrogen (secondary N) is 1. The van der Waals surface area contributed by atoms with Gasteiger partial charge in [0, 0.05) is 26.2 Å². The molecule has 1 aromatic carbocycles. The van der Waals surface area contributed by atoms with Crippen LogP contribution in [0, 0.1) is 5.82 Å². The van der Waals surface area contributed by atoms with Crippen molar-refractivity contribution in [3.63, 3.8) is 0 Å². The number of benzene rings is 1. The van der Waals surface area contributed by atoms with Gasteiger partial charge in [-0.2, -0.15) is 0 Å². The second-order valence-electron chi connectivity index (χ2n) is 5.99. The van der Waals surface area contributed by atoms with E-state index in [2.05, 4.69) is 5.32 Å². The summed E-state index contributed by atoms with van der Waals surface area (Å²) in [7, 11) is 0. The SMILES string of the molecule is CCN(CCNCc1ccc(F)c(Cl)c1)C(=O)OC(C)(C)C. The van der Waals surface area contributed by atoms with E-state index in [1.165, 1.54) is 6.07 Å². The summed E-state index contributed by atoms with van der Waals surface area (Å²) in [5.74, 6) is -0.424. The highest BCUT2D eigenvalue weighted by molar-refractivity contribution is 6.30. The van der Waals surface area contributed by atoms with Crippen LogP contribution in [0.15, 0.2) is 18.2 Å². The van der Waals surface area contributed by atoms with Crippen LogP contribution < -0.4 is 5.32 Å². The van der Waals surface area contributed by atoms with Crippen LogP contribution in [-0.2, 0) is 11.3 Å². The van der Waals surface area contributed by atoms with Crippen molar-refractivity contribution < 1.29 is 13.9 Å². The van der Waals surface area contributed by atoms with E-state index in [1.54, 1.807) is 17.0 Å². The van der Waals surface area contributed by atoms with E-state index >= 15 is 0 Å². The normalized spacial score (nSPS) is 11.4. The number of halogens is 2. The molecule has 1 rings (SSSR count). The molecule has 0 spiro atoms. The zero-order chi connectivity index (χ0) is 16.8. The minimum atomic E-state index is -0.497. The molecule has 6 heteroatoms.